The third-order valence-corrected chi connectivity index (χ3v) is 5.27. The topological polar surface area (TPSA) is 82.9 Å². The van der Waals surface area contributed by atoms with Crippen LogP contribution < -0.4 is 11.2 Å². The molecule has 0 spiro atoms. The van der Waals surface area contributed by atoms with Crippen LogP contribution in [0.2, 0.25) is 5.02 Å². The number of benzene rings is 1. The van der Waals surface area contributed by atoms with Crippen LogP contribution in [0.1, 0.15) is 33.8 Å². The van der Waals surface area contributed by atoms with E-state index in [1.165, 1.54) is 4.57 Å². The molecule has 0 N–H and O–H groups in total. The molecule has 0 amide bonds. The molecule has 1 atom stereocenters. The Morgan fingerprint density at radius 3 is 2.61 bits per heavy atom. The smallest absolute Gasteiger partial charge is 0.331 e. The largest absolute Gasteiger partial charge is 0.337 e. The number of aromatic nitrogens is 4. The third kappa shape index (κ3) is 4.13. The highest BCUT2D eigenvalue weighted by Crippen LogP contribution is 2.23. The molecule has 7 nitrogen and oxygen atoms in total. The Bertz CT molecular complexity index is 1110. The van der Waals surface area contributed by atoms with E-state index in [0.29, 0.717) is 22.1 Å². The zero-order valence-electron chi connectivity index (χ0n) is 15.6. The molecule has 0 radical (unpaired) electrons. The van der Waals surface area contributed by atoms with E-state index in [0.717, 1.165) is 10.1 Å². The molecule has 3 aromatic rings. The highest BCUT2D eigenvalue weighted by Gasteiger charge is 2.14. The van der Waals surface area contributed by atoms with Gasteiger partial charge in [-0.05, 0) is 37.6 Å². The molecule has 0 fully saturated rings. The molecule has 0 aliphatic heterocycles. The van der Waals surface area contributed by atoms with E-state index in [1.54, 1.807) is 39.1 Å². The van der Waals surface area contributed by atoms with E-state index in [4.69, 9.17) is 16.1 Å². The van der Waals surface area contributed by atoms with Crippen LogP contribution in [0.25, 0.3) is 6.08 Å². The van der Waals surface area contributed by atoms with Gasteiger partial charge in [0.05, 0.1) is 0 Å². The number of nitrogens with zero attached hydrogens (tertiary/aromatic N) is 4. The predicted octanol–water partition coefficient (Wildman–Crippen LogP) is 2.93. The quantitative estimate of drug-likeness (QED) is 0.644. The summed E-state index contributed by atoms with van der Waals surface area (Å²) in [5, 5.41) is 4.35. The molecule has 9 heteroatoms. The Kier molecular flexibility index (Phi) is 5.90. The van der Waals surface area contributed by atoms with E-state index < -0.39 is 5.69 Å². The molecule has 0 saturated heterocycles. The fraction of sp³-hybridized carbons (Fsp3) is 0.263. The van der Waals surface area contributed by atoms with Gasteiger partial charge in [-0.3, -0.25) is 9.36 Å². The fourth-order valence-corrected chi connectivity index (χ4v) is 3.03. The summed E-state index contributed by atoms with van der Waals surface area (Å²) in [6.45, 7) is 3.32. The van der Waals surface area contributed by atoms with E-state index in [-0.39, 0.29) is 23.2 Å². The van der Waals surface area contributed by atoms with E-state index >= 15 is 0 Å². The van der Waals surface area contributed by atoms with Crippen LogP contribution in [0, 0.1) is 13.8 Å². The first-order chi connectivity index (χ1) is 13.3. The molecule has 2 aromatic heterocycles. The van der Waals surface area contributed by atoms with Crippen LogP contribution in [0.3, 0.4) is 0 Å². The first-order valence-electron chi connectivity index (χ1n) is 8.49. The molecule has 3 rings (SSSR count). The number of thiol groups is 1. The molecule has 146 valence electrons. The molecule has 1 aromatic carbocycles. The Morgan fingerprint density at radius 1 is 1.25 bits per heavy atom. The van der Waals surface area contributed by atoms with Gasteiger partial charge in [-0.25, -0.2) is 4.79 Å². The molecule has 0 aliphatic rings. The Hall–Kier alpha value is -2.58. The van der Waals surface area contributed by atoms with Gasteiger partial charge in [0.1, 0.15) is 6.54 Å². The maximum atomic E-state index is 12.4. The molecule has 2 heterocycles. The maximum absolute atomic E-state index is 12.4. The molecule has 0 bridgehead atoms. The van der Waals surface area contributed by atoms with Crippen molar-refractivity contribution in [3.8, 4) is 0 Å². The minimum atomic E-state index is -0.429. The second-order valence-corrected chi connectivity index (χ2v) is 7.34. The first-order valence-corrected chi connectivity index (χ1v) is 9.38. The molecule has 0 aliphatic carbocycles. The Balaban J connectivity index is 1.79. The zero-order chi connectivity index (χ0) is 20.4. The second kappa shape index (κ2) is 8.20. The van der Waals surface area contributed by atoms with Crippen LogP contribution in [-0.4, -0.2) is 19.3 Å². The van der Waals surface area contributed by atoms with Crippen LogP contribution in [0.15, 0.2) is 44.5 Å². The van der Waals surface area contributed by atoms with Crippen molar-refractivity contribution in [1.82, 2.24) is 19.3 Å². The van der Waals surface area contributed by atoms with Crippen LogP contribution in [0.4, 0.5) is 0 Å². The van der Waals surface area contributed by atoms with Gasteiger partial charge in [0, 0.05) is 28.6 Å². The lowest BCUT2D eigenvalue weighted by Gasteiger charge is -2.10. The van der Waals surface area contributed by atoms with Crippen molar-refractivity contribution in [2.24, 2.45) is 7.05 Å². The van der Waals surface area contributed by atoms with Gasteiger partial charge < -0.3 is 9.09 Å². The number of halogens is 1. The minimum Gasteiger partial charge on any atom is -0.337 e. The molecule has 0 saturated carbocycles. The van der Waals surface area contributed by atoms with Crippen molar-refractivity contribution in [1.29, 1.82) is 0 Å². The Morgan fingerprint density at radius 2 is 1.93 bits per heavy atom. The normalized spacial score (nSPS) is 12.6. The minimum absolute atomic E-state index is 0.0883. The third-order valence-electron chi connectivity index (χ3n) is 4.55. The average molecular weight is 419 g/mol. The van der Waals surface area contributed by atoms with Crippen molar-refractivity contribution < 1.29 is 4.52 Å². The van der Waals surface area contributed by atoms with E-state index in [1.807, 2.05) is 18.2 Å². The molecule has 28 heavy (non-hydrogen) atoms. The standard InChI is InChI=1S/C19H19ClN4O3S/c1-11-12(2)23(3)19(26)24(18(11)25)10-17-21-16(22-27-17)9-8-15(28)13-4-6-14(20)7-5-13/h4-9,15,28H,10H2,1-3H3/b9-8+. The highest BCUT2D eigenvalue weighted by molar-refractivity contribution is 7.80. The van der Waals surface area contributed by atoms with Crippen LogP contribution >= 0.6 is 24.2 Å². The lowest BCUT2D eigenvalue weighted by atomic mass is 10.1. The fourth-order valence-electron chi connectivity index (χ4n) is 2.64. The summed E-state index contributed by atoms with van der Waals surface area (Å²) >= 11 is 10.4. The monoisotopic (exact) mass is 418 g/mol. The van der Waals surface area contributed by atoms with Crippen molar-refractivity contribution in [2.75, 3.05) is 0 Å². The Labute approximate surface area is 171 Å². The molecular weight excluding hydrogens is 400 g/mol. The van der Waals surface area contributed by atoms with Gasteiger partial charge in [0.15, 0.2) is 5.82 Å². The lowest BCUT2D eigenvalue weighted by Crippen LogP contribution is -2.41. The summed E-state index contributed by atoms with van der Waals surface area (Å²) in [5.41, 5.74) is 1.30. The van der Waals surface area contributed by atoms with E-state index in [9.17, 15) is 9.59 Å². The number of rotatable bonds is 5. The van der Waals surface area contributed by atoms with Crippen molar-refractivity contribution in [3.05, 3.63) is 84.7 Å². The summed E-state index contributed by atoms with van der Waals surface area (Å²) < 4.78 is 7.68. The highest BCUT2D eigenvalue weighted by atomic mass is 35.5. The summed E-state index contributed by atoms with van der Waals surface area (Å²) in [6.07, 6.45) is 3.47. The van der Waals surface area contributed by atoms with Crippen LogP contribution in [-0.2, 0) is 13.6 Å². The summed E-state index contributed by atoms with van der Waals surface area (Å²) in [5.74, 6) is 0.501. The van der Waals surface area contributed by atoms with Gasteiger partial charge in [-0.2, -0.15) is 17.6 Å². The van der Waals surface area contributed by atoms with Gasteiger partial charge in [-0.1, -0.05) is 35.0 Å². The molecular formula is C19H19ClN4O3S. The lowest BCUT2D eigenvalue weighted by molar-refractivity contribution is 0.364. The zero-order valence-corrected chi connectivity index (χ0v) is 17.2. The van der Waals surface area contributed by atoms with Gasteiger partial charge in [-0.15, -0.1) is 0 Å². The van der Waals surface area contributed by atoms with Crippen molar-refractivity contribution in [3.63, 3.8) is 0 Å². The first kappa shape index (κ1) is 20.2. The van der Waals surface area contributed by atoms with Gasteiger partial charge in [0.2, 0.25) is 5.89 Å². The summed E-state index contributed by atoms with van der Waals surface area (Å²) in [6, 6.07) is 7.35. The van der Waals surface area contributed by atoms with Crippen molar-refractivity contribution in [2.45, 2.75) is 25.6 Å². The number of hydrogen-bond donors (Lipinski definition) is 1. The van der Waals surface area contributed by atoms with Gasteiger partial charge in [0.25, 0.3) is 5.56 Å². The predicted molar refractivity (Wildman–Crippen MR) is 111 cm³/mol. The second-order valence-electron chi connectivity index (χ2n) is 6.35. The van der Waals surface area contributed by atoms with Crippen molar-refractivity contribution >= 4 is 30.3 Å². The van der Waals surface area contributed by atoms with Gasteiger partial charge >= 0.3 is 5.69 Å². The van der Waals surface area contributed by atoms with E-state index in [2.05, 4.69) is 22.8 Å². The SMILES string of the molecule is Cc1c(C)n(C)c(=O)n(Cc2nc(/C=C/C(S)c3ccc(Cl)cc3)no2)c1=O. The average Bonchev–Trinajstić information content (AvgIpc) is 3.14. The molecule has 1 unspecified atom stereocenters. The summed E-state index contributed by atoms with van der Waals surface area (Å²) in [7, 11) is 1.62. The number of hydrogen-bond acceptors (Lipinski definition) is 6. The summed E-state index contributed by atoms with van der Waals surface area (Å²) in [4.78, 5) is 29.0. The van der Waals surface area contributed by atoms with Crippen LogP contribution in [0.5, 0.6) is 0 Å². The maximum Gasteiger partial charge on any atom is 0.331 e.